The number of carbonyl (C=O) groups excluding carboxylic acids is 1. The van der Waals surface area contributed by atoms with Crippen LogP contribution in [-0.2, 0) is 25.8 Å². The summed E-state index contributed by atoms with van der Waals surface area (Å²) in [6.45, 7) is 2.49. The Bertz CT molecular complexity index is 759. The minimum atomic E-state index is -4.79. The maximum atomic E-state index is 14.0. The second kappa shape index (κ2) is 8.15. The van der Waals surface area contributed by atoms with Gasteiger partial charge in [0.05, 0.1) is 12.1 Å². The van der Waals surface area contributed by atoms with Gasteiger partial charge in [0.1, 0.15) is 12.1 Å². The van der Waals surface area contributed by atoms with Crippen molar-refractivity contribution in [1.82, 2.24) is 25.0 Å². The number of aryl methyl sites for hydroxylation is 1. The lowest BCUT2D eigenvalue weighted by molar-refractivity contribution is -0.140. The third-order valence-electron chi connectivity index (χ3n) is 3.70. The molecular formula is C16H19F4N5O. The molecule has 1 heterocycles. The molecule has 0 atom stereocenters. The van der Waals surface area contributed by atoms with Crippen molar-refractivity contribution in [3.8, 4) is 0 Å². The summed E-state index contributed by atoms with van der Waals surface area (Å²) < 4.78 is 53.9. The highest BCUT2D eigenvalue weighted by Crippen LogP contribution is 2.32. The first-order valence-corrected chi connectivity index (χ1v) is 7.94. The molecular weight excluding hydrogens is 354 g/mol. The number of alkyl halides is 3. The van der Waals surface area contributed by atoms with Gasteiger partial charge in [0.15, 0.2) is 5.82 Å². The highest BCUT2D eigenvalue weighted by molar-refractivity contribution is 5.73. The fraction of sp³-hybridized carbons (Fsp3) is 0.438. The molecule has 6 nitrogen and oxygen atoms in total. The number of carbonyl (C=O) groups is 1. The highest BCUT2D eigenvalue weighted by Gasteiger charge is 2.34. The molecule has 0 bridgehead atoms. The van der Waals surface area contributed by atoms with E-state index in [4.69, 9.17) is 0 Å². The molecule has 2 rings (SSSR count). The van der Waals surface area contributed by atoms with Crippen LogP contribution in [0.15, 0.2) is 24.5 Å². The van der Waals surface area contributed by atoms with Crippen LogP contribution in [0.3, 0.4) is 0 Å². The fourth-order valence-corrected chi connectivity index (χ4v) is 2.35. The molecule has 1 aromatic carbocycles. The second-order valence-electron chi connectivity index (χ2n) is 5.73. The second-order valence-corrected chi connectivity index (χ2v) is 5.73. The van der Waals surface area contributed by atoms with Gasteiger partial charge in [0.25, 0.3) is 0 Å². The third kappa shape index (κ3) is 4.70. The number of hydrogen-bond acceptors (Lipinski definition) is 3. The zero-order valence-corrected chi connectivity index (χ0v) is 14.3. The average Bonchev–Trinajstić information content (AvgIpc) is 2.99. The Morgan fingerprint density at radius 3 is 2.73 bits per heavy atom. The molecule has 0 aliphatic rings. The molecule has 0 aliphatic heterocycles. The topological polar surface area (TPSA) is 63.1 Å². The Morgan fingerprint density at radius 2 is 2.08 bits per heavy atom. The summed E-state index contributed by atoms with van der Waals surface area (Å²) in [7, 11) is 1.50. The first-order chi connectivity index (χ1) is 12.2. The van der Waals surface area contributed by atoms with Crippen LogP contribution in [0, 0.1) is 5.82 Å². The predicted molar refractivity (Wildman–Crippen MR) is 85.4 cm³/mol. The summed E-state index contributed by atoms with van der Waals surface area (Å²) in [6.07, 6.45) is -2.36. The molecule has 0 fully saturated rings. The van der Waals surface area contributed by atoms with E-state index in [-0.39, 0.29) is 18.7 Å². The van der Waals surface area contributed by atoms with E-state index < -0.39 is 23.6 Å². The van der Waals surface area contributed by atoms with Crippen LogP contribution in [0.5, 0.6) is 0 Å². The first-order valence-electron chi connectivity index (χ1n) is 7.94. The number of urea groups is 1. The molecule has 0 radical (unpaired) electrons. The first kappa shape index (κ1) is 19.7. The summed E-state index contributed by atoms with van der Waals surface area (Å²) in [5.41, 5.74) is -1.60. The van der Waals surface area contributed by atoms with Gasteiger partial charge in [-0.25, -0.2) is 9.18 Å². The van der Waals surface area contributed by atoms with E-state index in [2.05, 4.69) is 15.5 Å². The number of nitrogens with one attached hydrogen (secondary N) is 1. The highest BCUT2D eigenvalue weighted by atomic mass is 19.4. The molecule has 1 aromatic heterocycles. The maximum Gasteiger partial charge on any atom is 0.419 e. The molecule has 0 unspecified atom stereocenters. The third-order valence-corrected chi connectivity index (χ3v) is 3.70. The summed E-state index contributed by atoms with van der Waals surface area (Å²) >= 11 is 0. The van der Waals surface area contributed by atoms with Crippen molar-refractivity contribution in [1.29, 1.82) is 0 Å². The van der Waals surface area contributed by atoms with Gasteiger partial charge in [0.2, 0.25) is 0 Å². The van der Waals surface area contributed by atoms with Crippen LogP contribution < -0.4 is 5.32 Å². The molecule has 2 amide bonds. The van der Waals surface area contributed by atoms with Crippen LogP contribution >= 0.6 is 0 Å². The Hall–Kier alpha value is -2.65. The van der Waals surface area contributed by atoms with Crippen molar-refractivity contribution in [2.75, 3.05) is 7.05 Å². The Labute approximate surface area is 147 Å². The van der Waals surface area contributed by atoms with E-state index in [9.17, 15) is 22.4 Å². The van der Waals surface area contributed by atoms with E-state index in [1.54, 1.807) is 10.9 Å². The van der Waals surface area contributed by atoms with E-state index in [1.165, 1.54) is 18.0 Å². The summed E-state index contributed by atoms with van der Waals surface area (Å²) in [6, 6.07) is 2.40. The van der Waals surface area contributed by atoms with Crippen molar-refractivity contribution in [3.05, 3.63) is 47.3 Å². The molecule has 26 heavy (non-hydrogen) atoms. The number of nitrogens with zero attached hydrogens (tertiary/aromatic N) is 4. The molecule has 0 aliphatic carbocycles. The zero-order valence-electron chi connectivity index (χ0n) is 14.3. The normalized spacial score (nSPS) is 11.5. The molecule has 10 heteroatoms. The molecule has 0 saturated heterocycles. The quantitative estimate of drug-likeness (QED) is 0.791. The predicted octanol–water partition coefficient (Wildman–Crippen LogP) is 3.19. The van der Waals surface area contributed by atoms with Crippen LogP contribution in [0.1, 0.15) is 30.3 Å². The van der Waals surface area contributed by atoms with Crippen LogP contribution in [0.25, 0.3) is 0 Å². The van der Waals surface area contributed by atoms with Crippen LogP contribution in [0.2, 0.25) is 0 Å². The van der Waals surface area contributed by atoms with Crippen LogP contribution in [-0.4, -0.2) is 32.7 Å². The maximum absolute atomic E-state index is 14.0. The lowest BCUT2D eigenvalue weighted by atomic mass is 10.1. The Kier molecular flexibility index (Phi) is 6.17. The fourth-order valence-electron chi connectivity index (χ4n) is 2.35. The number of rotatable bonds is 6. The lowest BCUT2D eigenvalue weighted by Gasteiger charge is -2.18. The van der Waals surface area contributed by atoms with Crippen LogP contribution in [0.4, 0.5) is 22.4 Å². The monoisotopic (exact) mass is 373 g/mol. The van der Waals surface area contributed by atoms with Crippen molar-refractivity contribution in [3.63, 3.8) is 0 Å². The van der Waals surface area contributed by atoms with Gasteiger partial charge in [-0.15, -0.1) is 10.2 Å². The number of amides is 2. The van der Waals surface area contributed by atoms with Gasteiger partial charge in [0, 0.05) is 25.7 Å². The number of halogens is 4. The molecule has 0 spiro atoms. The van der Waals surface area contributed by atoms with Gasteiger partial charge in [-0.05, 0) is 12.5 Å². The van der Waals surface area contributed by atoms with Gasteiger partial charge in [-0.3, -0.25) is 0 Å². The number of aromatic nitrogens is 3. The van der Waals surface area contributed by atoms with Crippen molar-refractivity contribution in [2.24, 2.45) is 0 Å². The van der Waals surface area contributed by atoms with E-state index in [0.717, 1.165) is 12.5 Å². The zero-order chi connectivity index (χ0) is 19.3. The molecule has 2 aromatic rings. The van der Waals surface area contributed by atoms with Gasteiger partial charge in [-0.2, -0.15) is 13.2 Å². The molecule has 0 saturated carbocycles. The van der Waals surface area contributed by atoms with Crippen molar-refractivity contribution in [2.45, 2.75) is 39.2 Å². The van der Waals surface area contributed by atoms with Crippen molar-refractivity contribution >= 4 is 6.03 Å². The Balaban J connectivity index is 1.99. The van der Waals surface area contributed by atoms with Gasteiger partial charge < -0.3 is 14.8 Å². The summed E-state index contributed by atoms with van der Waals surface area (Å²) in [4.78, 5) is 13.4. The smallest absolute Gasteiger partial charge is 0.334 e. The lowest BCUT2D eigenvalue weighted by Crippen LogP contribution is -2.37. The number of hydrogen-bond donors (Lipinski definition) is 1. The van der Waals surface area contributed by atoms with E-state index >= 15 is 0 Å². The minimum Gasteiger partial charge on any atom is -0.334 e. The molecule has 142 valence electrons. The summed E-state index contributed by atoms with van der Waals surface area (Å²) in [5.74, 6) is -0.805. The largest absolute Gasteiger partial charge is 0.419 e. The van der Waals surface area contributed by atoms with Crippen molar-refractivity contribution < 1.29 is 22.4 Å². The standard InChI is InChI=1S/C16H19F4N5O/c1-3-7-25-10-22-23-13(25)9-24(2)15(26)21-8-11-5-4-6-12(14(11)17)16(18,19)20/h4-6,10H,3,7-9H2,1-2H3,(H,21,26). The SMILES string of the molecule is CCCn1cnnc1CN(C)C(=O)NCc1cccc(C(F)(F)F)c1F. The average molecular weight is 373 g/mol. The van der Waals surface area contributed by atoms with E-state index in [1.807, 2.05) is 6.92 Å². The minimum absolute atomic E-state index is 0.164. The number of benzene rings is 1. The summed E-state index contributed by atoms with van der Waals surface area (Å²) in [5, 5.41) is 10.1. The Morgan fingerprint density at radius 1 is 1.35 bits per heavy atom. The molecule has 1 N–H and O–H groups in total. The van der Waals surface area contributed by atoms with Gasteiger partial charge >= 0.3 is 12.2 Å². The van der Waals surface area contributed by atoms with Gasteiger partial charge in [-0.1, -0.05) is 19.1 Å². The van der Waals surface area contributed by atoms with E-state index in [0.29, 0.717) is 18.4 Å².